The molecule has 3 rings (SSSR count). The van der Waals surface area contributed by atoms with Crippen molar-refractivity contribution < 1.29 is 17.9 Å². The summed E-state index contributed by atoms with van der Waals surface area (Å²) in [6.45, 7) is 3.95. The molecule has 0 saturated heterocycles. The van der Waals surface area contributed by atoms with Crippen molar-refractivity contribution in [1.29, 1.82) is 0 Å². The fourth-order valence-electron chi connectivity index (χ4n) is 2.76. The maximum atomic E-state index is 12.8. The van der Waals surface area contributed by atoms with Gasteiger partial charge in [-0.05, 0) is 67.4 Å². The first-order chi connectivity index (χ1) is 13.8. The molecule has 7 heteroatoms. The lowest BCUT2D eigenvalue weighted by Crippen LogP contribution is -2.16. The normalized spacial score (nSPS) is 11.0. The van der Waals surface area contributed by atoms with Crippen LogP contribution in [0.5, 0.6) is 5.75 Å². The van der Waals surface area contributed by atoms with E-state index >= 15 is 0 Å². The molecule has 0 atom stereocenters. The molecule has 0 saturated carbocycles. The van der Waals surface area contributed by atoms with Gasteiger partial charge >= 0.3 is 0 Å². The lowest BCUT2D eigenvalue weighted by Gasteiger charge is -2.12. The number of hydrogen-bond acceptors (Lipinski definition) is 4. The van der Waals surface area contributed by atoms with Crippen molar-refractivity contribution >= 4 is 27.3 Å². The Morgan fingerprint density at radius 3 is 2.38 bits per heavy atom. The van der Waals surface area contributed by atoms with Gasteiger partial charge in [0.2, 0.25) is 0 Å². The monoisotopic (exact) mass is 410 g/mol. The number of rotatable bonds is 6. The molecule has 3 aromatic carbocycles. The minimum absolute atomic E-state index is 0.0175. The first-order valence-corrected chi connectivity index (χ1v) is 10.4. The fourth-order valence-corrected chi connectivity index (χ4v) is 3.88. The van der Waals surface area contributed by atoms with E-state index in [0.717, 1.165) is 11.1 Å². The highest BCUT2D eigenvalue weighted by Crippen LogP contribution is 2.26. The summed E-state index contributed by atoms with van der Waals surface area (Å²) in [6, 6.07) is 18.2. The van der Waals surface area contributed by atoms with Crippen molar-refractivity contribution in [3.8, 4) is 5.75 Å². The van der Waals surface area contributed by atoms with E-state index in [1.54, 1.807) is 30.3 Å². The second-order valence-corrected chi connectivity index (χ2v) is 8.27. The van der Waals surface area contributed by atoms with E-state index in [1.165, 1.54) is 25.3 Å². The van der Waals surface area contributed by atoms with E-state index in [-0.39, 0.29) is 16.4 Å². The molecule has 0 aliphatic rings. The highest BCUT2D eigenvalue weighted by atomic mass is 32.2. The predicted octanol–water partition coefficient (Wildman–Crippen LogP) is 4.37. The third kappa shape index (κ3) is 4.75. The molecule has 3 aromatic rings. The molecule has 0 aromatic heterocycles. The number of para-hydroxylation sites is 2. The van der Waals surface area contributed by atoms with Crippen molar-refractivity contribution in [2.45, 2.75) is 18.7 Å². The molecule has 29 heavy (non-hydrogen) atoms. The smallest absolute Gasteiger partial charge is 0.262 e. The molecule has 0 aliphatic carbocycles. The SMILES string of the molecule is COc1ccccc1NS(=O)(=O)c1cccc(C(=O)Nc2ccc(C)c(C)c2)c1. The Hall–Kier alpha value is -3.32. The van der Waals surface area contributed by atoms with Crippen LogP contribution in [0.2, 0.25) is 0 Å². The topological polar surface area (TPSA) is 84.5 Å². The van der Waals surface area contributed by atoms with Crippen LogP contribution in [0.4, 0.5) is 11.4 Å². The number of sulfonamides is 1. The molecule has 6 nitrogen and oxygen atoms in total. The number of aryl methyl sites for hydroxylation is 2. The van der Waals surface area contributed by atoms with Gasteiger partial charge in [-0.15, -0.1) is 0 Å². The van der Waals surface area contributed by atoms with Crippen LogP contribution in [-0.2, 0) is 10.0 Å². The first-order valence-electron chi connectivity index (χ1n) is 8.94. The number of hydrogen-bond donors (Lipinski definition) is 2. The Balaban J connectivity index is 1.84. The Kier molecular flexibility index (Phi) is 5.89. The van der Waals surface area contributed by atoms with Crippen LogP contribution >= 0.6 is 0 Å². The third-order valence-corrected chi connectivity index (χ3v) is 5.89. The summed E-state index contributed by atoms with van der Waals surface area (Å²) in [5.41, 5.74) is 3.39. The Morgan fingerprint density at radius 2 is 1.66 bits per heavy atom. The van der Waals surface area contributed by atoms with Crippen molar-refractivity contribution in [2.75, 3.05) is 17.1 Å². The van der Waals surface area contributed by atoms with E-state index in [1.807, 2.05) is 32.0 Å². The molecule has 0 unspecified atom stereocenters. The minimum Gasteiger partial charge on any atom is -0.495 e. The van der Waals surface area contributed by atoms with Crippen LogP contribution in [0.15, 0.2) is 71.6 Å². The number of benzene rings is 3. The number of nitrogens with one attached hydrogen (secondary N) is 2. The third-order valence-electron chi connectivity index (χ3n) is 4.52. The second kappa shape index (κ2) is 8.36. The molecule has 150 valence electrons. The van der Waals surface area contributed by atoms with Gasteiger partial charge in [0, 0.05) is 11.3 Å². The van der Waals surface area contributed by atoms with E-state index < -0.39 is 10.0 Å². The number of carbonyl (C=O) groups excluding carboxylic acids is 1. The summed E-state index contributed by atoms with van der Waals surface area (Å²) in [5, 5.41) is 2.80. The van der Waals surface area contributed by atoms with Gasteiger partial charge < -0.3 is 10.1 Å². The molecular formula is C22H22N2O4S. The van der Waals surface area contributed by atoms with E-state index in [9.17, 15) is 13.2 Å². The van der Waals surface area contributed by atoms with Crippen LogP contribution in [0.25, 0.3) is 0 Å². The molecule has 0 heterocycles. The van der Waals surface area contributed by atoms with Crippen molar-refractivity contribution in [1.82, 2.24) is 0 Å². The lowest BCUT2D eigenvalue weighted by molar-refractivity contribution is 0.102. The van der Waals surface area contributed by atoms with Crippen LogP contribution in [0.1, 0.15) is 21.5 Å². The summed E-state index contributed by atoms with van der Waals surface area (Å²) >= 11 is 0. The predicted molar refractivity (Wildman–Crippen MR) is 114 cm³/mol. The number of ether oxygens (including phenoxy) is 1. The summed E-state index contributed by atoms with van der Waals surface area (Å²) in [5.74, 6) is 0.0160. The Labute approximate surface area is 170 Å². The van der Waals surface area contributed by atoms with Gasteiger partial charge in [0.25, 0.3) is 15.9 Å². The minimum atomic E-state index is -3.90. The molecule has 0 fully saturated rings. The molecule has 1 amide bonds. The van der Waals surface area contributed by atoms with Crippen molar-refractivity contribution in [3.05, 3.63) is 83.4 Å². The standard InChI is InChI=1S/C22H22N2O4S/c1-15-11-12-18(13-16(15)2)23-22(25)17-7-6-8-19(14-17)29(26,27)24-20-9-4-5-10-21(20)28-3/h4-14,24H,1-3H3,(H,23,25). The highest BCUT2D eigenvalue weighted by Gasteiger charge is 2.18. The molecule has 0 spiro atoms. The van der Waals surface area contributed by atoms with Crippen LogP contribution < -0.4 is 14.8 Å². The zero-order valence-electron chi connectivity index (χ0n) is 16.4. The number of anilines is 2. The zero-order chi connectivity index (χ0) is 21.0. The van der Waals surface area contributed by atoms with Crippen molar-refractivity contribution in [3.63, 3.8) is 0 Å². The van der Waals surface area contributed by atoms with Crippen LogP contribution in [0.3, 0.4) is 0 Å². The van der Waals surface area contributed by atoms with Crippen LogP contribution in [-0.4, -0.2) is 21.4 Å². The molecule has 0 aliphatic heterocycles. The van der Waals surface area contributed by atoms with Gasteiger partial charge in [-0.2, -0.15) is 0 Å². The van der Waals surface area contributed by atoms with Gasteiger partial charge in [-0.3, -0.25) is 9.52 Å². The Bertz CT molecular complexity index is 1160. The van der Waals surface area contributed by atoms with Gasteiger partial charge in [0.15, 0.2) is 0 Å². The Morgan fingerprint density at radius 1 is 0.897 bits per heavy atom. The second-order valence-electron chi connectivity index (χ2n) is 6.59. The number of carbonyl (C=O) groups is 1. The number of methoxy groups -OCH3 is 1. The fraction of sp³-hybridized carbons (Fsp3) is 0.136. The average Bonchev–Trinajstić information content (AvgIpc) is 2.71. The quantitative estimate of drug-likeness (QED) is 0.632. The molecular weight excluding hydrogens is 388 g/mol. The van der Waals surface area contributed by atoms with E-state index in [0.29, 0.717) is 17.1 Å². The summed E-state index contributed by atoms with van der Waals surface area (Å²) in [7, 11) is -2.43. The van der Waals surface area contributed by atoms with E-state index in [2.05, 4.69) is 10.0 Å². The average molecular weight is 410 g/mol. The van der Waals surface area contributed by atoms with Gasteiger partial charge in [-0.25, -0.2) is 8.42 Å². The molecule has 0 radical (unpaired) electrons. The summed E-state index contributed by atoms with van der Waals surface area (Å²) in [4.78, 5) is 12.6. The largest absolute Gasteiger partial charge is 0.495 e. The van der Waals surface area contributed by atoms with E-state index in [4.69, 9.17) is 4.74 Å². The first kappa shape index (κ1) is 20.4. The van der Waals surface area contributed by atoms with Gasteiger partial charge in [-0.1, -0.05) is 24.3 Å². The summed E-state index contributed by atoms with van der Waals surface area (Å²) < 4.78 is 33.3. The highest BCUT2D eigenvalue weighted by molar-refractivity contribution is 7.92. The van der Waals surface area contributed by atoms with Crippen molar-refractivity contribution in [2.24, 2.45) is 0 Å². The lowest BCUT2D eigenvalue weighted by atomic mass is 10.1. The zero-order valence-corrected chi connectivity index (χ0v) is 17.2. The van der Waals surface area contributed by atoms with Crippen LogP contribution in [0, 0.1) is 13.8 Å². The maximum absolute atomic E-state index is 12.8. The van der Waals surface area contributed by atoms with Gasteiger partial charge in [0.1, 0.15) is 5.75 Å². The maximum Gasteiger partial charge on any atom is 0.262 e. The van der Waals surface area contributed by atoms with Gasteiger partial charge in [0.05, 0.1) is 17.7 Å². The molecule has 0 bridgehead atoms. The number of amides is 1. The summed E-state index contributed by atoms with van der Waals surface area (Å²) in [6.07, 6.45) is 0. The molecule has 2 N–H and O–H groups in total.